The van der Waals surface area contributed by atoms with Gasteiger partial charge in [0.15, 0.2) is 0 Å². The van der Waals surface area contributed by atoms with E-state index in [1.165, 1.54) is 21.8 Å². The Bertz CT molecular complexity index is 949. The van der Waals surface area contributed by atoms with Crippen LogP contribution in [0, 0.1) is 5.92 Å². The molecule has 0 saturated heterocycles. The Labute approximate surface area is 163 Å². The SMILES string of the molecule is C=Cc1c(C(C)/C=C\C=C/C)[nH]c2c1=CC1C(C=CN1C(=C)/C=C\CC)C=2. The highest BCUT2D eigenvalue weighted by Crippen LogP contribution is 2.29. The largest absolute Gasteiger partial charge is 0.358 e. The number of aromatic nitrogens is 1. The van der Waals surface area contributed by atoms with Gasteiger partial charge in [-0.2, -0.15) is 0 Å². The van der Waals surface area contributed by atoms with Gasteiger partial charge in [-0.3, -0.25) is 0 Å². The van der Waals surface area contributed by atoms with E-state index in [4.69, 9.17) is 0 Å². The number of H-pyrrole nitrogens is 1. The first-order chi connectivity index (χ1) is 13.1. The molecular formula is C25H30N2. The Hall–Kier alpha value is -2.74. The zero-order valence-electron chi connectivity index (χ0n) is 16.7. The highest BCUT2D eigenvalue weighted by Gasteiger charge is 2.29. The van der Waals surface area contributed by atoms with Gasteiger partial charge in [0.25, 0.3) is 0 Å². The van der Waals surface area contributed by atoms with Crippen LogP contribution < -0.4 is 10.6 Å². The maximum atomic E-state index is 4.25. The standard InChI is InChI=1S/C25H30N2/c1-6-9-11-12-18(4)25-21(8-3)22-17-24-20(16-23(22)26-25)14-15-27(24)19(5)13-10-7-2/h6,8-18,20,24,26H,3,5,7H2,1-2,4H3/b9-6-,12-11-,13-10-. The molecule has 0 aromatic carbocycles. The van der Waals surface area contributed by atoms with E-state index in [-0.39, 0.29) is 6.04 Å². The van der Waals surface area contributed by atoms with Crippen molar-refractivity contribution >= 4 is 18.2 Å². The lowest BCUT2D eigenvalue weighted by atomic mass is 9.94. The number of aromatic amines is 1. The molecule has 1 aliphatic heterocycles. The molecule has 1 aromatic heterocycles. The first-order valence-electron chi connectivity index (χ1n) is 9.80. The summed E-state index contributed by atoms with van der Waals surface area (Å²) in [5, 5.41) is 2.46. The highest BCUT2D eigenvalue weighted by molar-refractivity contribution is 5.61. The zero-order chi connectivity index (χ0) is 19.4. The van der Waals surface area contributed by atoms with Crippen LogP contribution in [-0.2, 0) is 0 Å². The van der Waals surface area contributed by atoms with Gasteiger partial charge < -0.3 is 9.88 Å². The first-order valence-corrected chi connectivity index (χ1v) is 9.80. The molecule has 2 heteroatoms. The molecule has 27 heavy (non-hydrogen) atoms. The van der Waals surface area contributed by atoms with E-state index in [0.29, 0.717) is 11.8 Å². The minimum atomic E-state index is 0.280. The van der Waals surface area contributed by atoms with Crippen molar-refractivity contribution in [1.82, 2.24) is 9.88 Å². The molecule has 0 radical (unpaired) electrons. The average molecular weight is 359 g/mol. The fraction of sp³-hybridized carbons (Fsp3) is 0.280. The fourth-order valence-corrected chi connectivity index (χ4v) is 3.82. The lowest BCUT2D eigenvalue weighted by Gasteiger charge is -2.27. The van der Waals surface area contributed by atoms with Gasteiger partial charge in [-0.15, -0.1) is 0 Å². The van der Waals surface area contributed by atoms with Crippen LogP contribution in [0.2, 0.25) is 0 Å². The van der Waals surface area contributed by atoms with E-state index >= 15 is 0 Å². The molecule has 3 rings (SSSR count). The van der Waals surface area contributed by atoms with Crippen molar-refractivity contribution in [2.24, 2.45) is 5.92 Å². The molecule has 1 aliphatic carbocycles. The molecule has 0 fully saturated rings. The van der Waals surface area contributed by atoms with Gasteiger partial charge in [0.2, 0.25) is 0 Å². The van der Waals surface area contributed by atoms with Crippen LogP contribution in [0.3, 0.4) is 0 Å². The molecule has 2 aliphatic rings. The number of rotatable bonds is 7. The maximum absolute atomic E-state index is 4.25. The molecular weight excluding hydrogens is 328 g/mol. The maximum Gasteiger partial charge on any atom is 0.0624 e. The van der Waals surface area contributed by atoms with Gasteiger partial charge in [-0.25, -0.2) is 0 Å². The Morgan fingerprint density at radius 2 is 2.15 bits per heavy atom. The predicted octanol–water partition coefficient (Wildman–Crippen LogP) is 4.76. The predicted molar refractivity (Wildman–Crippen MR) is 118 cm³/mol. The van der Waals surface area contributed by atoms with Crippen molar-refractivity contribution in [2.45, 2.75) is 39.2 Å². The third kappa shape index (κ3) is 3.71. The Morgan fingerprint density at radius 3 is 2.85 bits per heavy atom. The number of nitrogens with zero attached hydrogens (tertiary/aromatic N) is 1. The summed E-state index contributed by atoms with van der Waals surface area (Å²) in [5.41, 5.74) is 3.47. The number of hydrogen-bond acceptors (Lipinski definition) is 1. The van der Waals surface area contributed by atoms with Crippen LogP contribution in [-0.4, -0.2) is 15.9 Å². The van der Waals surface area contributed by atoms with Gasteiger partial charge >= 0.3 is 0 Å². The van der Waals surface area contributed by atoms with Gasteiger partial charge in [0.1, 0.15) is 0 Å². The van der Waals surface area contributed by atoms with Crippen molar-refractivity contribution in [3.63, 3.8) is 0 Å². The normalized spacial score (nSPS) is 22.1. The smallest absolute Gasteiger partial charge is 0.0624 e. The fourth-order valence-electron chi connectivity index (χ4n) is 3.82. The number of fused-ring (bicyclic) bond motifs is 2. The number of hydrogen-bond donors (Lipinski definition) is 1. The summed E-state index contributed by atoms with van der Waals surface area (Å²) < 4.78 is 0. The summed E-state index contributed by atoms with van der Waals surface area (Å²) in [4.78, 5) is 5.92. The summed E-state index contributed by atoms with van der Waals surface area (Å²) in [7, 11) is 0. The minimum absolute atomic E-state index is 0.280. The Balaban J connectivity index is 2.00. The third-order valence-corrected chi connectivity index (χ3v) is 5.26. The second kappa shape index (κ2) is 8.30. The van der Waals surface area contributed by atoms with Crippen molar-refractivity contribution < 1.29 is 0 Å². The first kappa shape index (κ1) is 19.0. The van der Waals surface area contributed by atoms with Gasteiger partial charge in [0.05, 0.1) is 6.04 Å². The van der Waals surface area contributed by atoms with Crippen LogP contribution in [0.15, 0.2) is 67.6 Å². The number of nitrogens with one attached hydrogen (secondary N) is 1. The summed E-state index contributed by atoms with van der Waals surface area (Å²) in [6.45, 7) is 14.7. The average Bonchev–Trinajstić information content (AvgIpc) is 3.24. The molecule has 3 atom stereocenters. The van der Waals surface area contributed by atoms with Gasteiger partial charge in [-0.1, -0.05) is 81.7 Å². The van der Waals surface area contributed by atoms with Crippen LogP contribution in [0.1, 0.15) is 44.4 Å². The van der Waals surface area contributed by atoms with E-state index in [0.717, 1.165) is 12.1 Å². The lowest BCUT2D eigenvalue weighted by Crippen LogP contribution is -2.38. The van der Waals surface area contributed by atoms with Gasteiger partial charge in [-0.05, 0) is 19.4 Å². The molecule has 2 heterocycles. The van der Waals surface area contributed by atoms with Crippen LogP contribution >= 0.6 is 0 Å². The topological polar surface area (TPSA) is 19.0 Å². The second-order valence-corrected chi connectivity index (χ2v) is 7.14. The third-order valence-electron chi connectivity index (χ3n) is 5.26. The van der Waals surface area contributed by atoms with Crippen molar-refractivity contribution in [3.05, 3.63) is 89.4 Å². The van der Waals surface area contributed by atoms with E-state index in [1.54, 1.807) is 0 Å². The molecule has 0 amide bonds. The minimum Gasteiger partial charge on any atom is -0.358 e. The molecule has 0 saturated carbocycles. The second-order valence-electron chi connectivity index (χ2n) is 7.14. The lowest BCUT2D eigenvalue weighted by molar-refractivity contribution is 0.425. The molecule has 3 unspecified atom stereocenters. The molecule has 1 aromatic rings. The molecule has 0 bridgehead atoms. The van der Waals surface area contributed by atoms with Crippen molar-refractivity contribution in [1.29, 1.82) is 0 Å². The van der Waals surface area contributed by atoms with Crippen LogP contribution in [0.5, 0.6) is 0 Å². The summed E-state index contributed by atoms with van der Waals surface area (Å²) in [6, 6.07) is 0.280. The summed E-state index contributed by atoms with van der Waals surface area (Å²) >= 11 is 0. The Kier molecular flexibility index (Phi) is 5.85. The van der Waals surface area contributed by atoms with E-state index in [9.17, 15) is 0 Å². The number of allylic oxidation sites excluding steroid dienone is 6. The summed E-state index contributed by atoms with van der Waals surface area (Å²) in [5.74, 6) is 0.665. The van der Waals surface area contributed by atoms with Crippen molar-refractivity contribution in [3.8, 4) is 0 Å². The van der Waals surface area contributed by atoms with E-state index in [1.807, 2.05) is 19.1 Å². The zero-order valence-corrected chi connectivity index (χ0v) is 16.7. The monoisotopic (exact) mass is 358 g/mol. The van der Waals surface area contributed by atoms with E-state index < -0.39 is 0 Å². The van der Waals surface area contributed by atoms with E-state index in [2.05, 4.69) is 91.7 Å². The molecule has 0 spiro atoms. The molecule has 140 valence electrons. The van der Waals surface area contributed by atoms with Crippen LogP contribution in [0.4, 0.5) is 0 Å². The summed E-state index contributed by atoms with van der Waals surface area (Å²) in [6.07, 6.45) is 24.8. The Morgan fingerprint density at radius 1 is 1.33 bits per heavy atom. The van der Waals surface area contributed by atoms with Gasteiger partial charge in [0, 0.05) is 45.6 Å². The quantitative estimate of drug-likeness (QED) is 0.696. The molecule has 2 nitrogen and oxygen atoms in total. The highest BCUT2D eigenvalue weighted by atomic mass is 15.2. The van der Waals surface area contributed by atoms with Crippen molar-refractivity contribution in [2.75, 3.05) is 0 Å². The molecule has 1 N–H and O–H groups in total. The van der Waals surface area contributed by atoms with Crippen LogP contribution in [0.25, 0.3) is 18.2 Å².